The van der Waals surface area contributed by atoms with Crippen molar-refractivity contribution in [2.45, 2.75) is 12.8 Å². The molecule has 0 aromatic heterocycles. The monoisotopic (exact) mass is 184 g/mol. The van der Waals surface area contributed by atoms with E-state index < -0.39 is 23.4 Å². The molecule has 0 aliphatic heterocycles. The predicted octanol–water partition coefficient (Wildman–Crippen LogP) is 2.84. The Labute approximate surface area is 74.4 Å². The zero-order valence-corrected chi connectivity index (χ0v) is 6.94. The summed E-state index contributed by atoms with van der Waals surface area (Å²) in [6.45, 7) is 1.54. The molecule has 0 saturated heterocycles. The van der Waals surface area contributed by atoms with Crippen molar-refractivity contribution >= 4 is 0 Å². The average molecular weight is 184 g/mol. The Morgan fingerprint density at radius 3 is 2.23 bits per heavy atom. The Balaban J connectivity index is 3.25. The largest absolute Gasteiger partial charge is 0.207 e. The van der Waals surface area contributed by atoms with Crippen LogP contribution in [0.25, 0.3) is 0 Å². The SMILES string of the molecule is C#CC(C)c1cc(F)c(F)cc1F. The molecule has 0 amide bonds. The third-order valence-corrected chi connectivity index (χ3v) is 1.76. The van der Waals surface area contributed by atoms with Gasteiger partial charge in [0.15, 0.2) is 11.6 Å². The fourth-order valence-electron chi connectivity index (χ4n) is 0.960. The lowest BCUT2D eigenvalue weighted by Crippen LogP contribution is -1.98. The van der Waals surface area contributed by atoms with Crippen molar-refractivity contribution in [3.8, 4) is 12.3 Å². The first-order valence-corrected chi connectivity index (χ1v) is 3.67. The van der Waals surface area contributed by atoms with Crippen molar-refractivity contribution < 1.29 is 13.2 Å². The second-order valence-electron chi connectivity index (χ2n) is 2.68. The molecule has 0 saturated carbocycles. The summed E-state index contributed by atoms with van der Waals surface area (Å²) in [5.74, 6) is -1.42. The molecule has 0 aliphatic carbocycles. The van der Waals surface area contributed by atoms with Crippen molar-refractivity contribution in [1.82, 2.24) is 0 Å². The molecule has 0 heterocycles. The fourth-order valence-corrected chi connectivity index (χ4v) is 0.960. The highest BCUT2D eigenvalue weighted by Gasteiger charge is 2.13. The second kappa shape index (κ2) is 3.53. The molecular formula is C10H7F3. The van der Waals surface area contributed by atoms with Crippen molar-refractivity contribution in [3.63, 3.8) is 0 Å². The van der Waals surface area contributed by atoms with Crippen LogP contribution in [0.5, 0.6) is 0 Å². The van der Waals surface area contributed by atoms with Gasteiger partial charge in [-0.1, -0.05) is 5.92 Å². The van der Waals surface area contributed by atoms with E-state index in [-0.39, 0.29) is 5.56 Å². The van der Waals surface area contributed by atoms with Crippen LogP contribution >= 0.6 is 0 Å². The molecule has 0 N–H and O–H groups in total. The maximum absolute atomic E-state index is 13.0. The van der Waals surface area contributed by atoms with Crippen LogP contribution in [0.15, 0.2) is 12.1 Å². The highest BCUT2D eigenvalue weighted by atomic mass is 19.2. The van der Waals surface area contributed by atoms with Crippen molar-refractivity contribution in [2.75, 3.05) is 0 Å². The minimum Gasteiger partial charge on any atom is -0.207 e. The van der Waals surface area contributed by atoms with Crippen molar-refractivity contribution in [2.24, 2.45) is 0 Å². The molecule has 1 aromatic carbocycles. The molecule has 0 fully saturated rings. The molecule has 0 bridgehead atoms. The summed E-state index contributed by atoms with van der Waals surface area (Å²) in [6, 6.07) is 1.29. The first-order valence-electron chi connectivity index (χ1n) is 3.67. The number of terminal acetylenes is 1. The van der Waals surface area contributed by atoms with Crippen LogP contribution in [-0.2, 0) is 0 Å². The summed E-state index contributed by atoms with van der Waals surface area (Å²) < 4.78 is 38.1. The Kier molecular flexibility index (Phi) is 2.62. The molecular weight excluding hydrogens is 177 g/mol. The normalized spacial score (nSPS) is 12.2. The Hall–Kier alpha value is -1.43. The van der Waals surface area contributed by atoms with E-state index in [1.54, 1.807) is 0 Å². The molecule has 0 spiro atoms. The Morgan fingerprint density at radius 1 is 1.15 bits per heavy atom. The number of halogens is 3. The first kappa shape index (κ1) is 9.66. The maximum atomic E-state index is 13.0. The smallest absolute Gasteiger partial charge is 0.161 e. The maximum Gasteiger partial charge on any atom is 0.161 e. The molecule has 0 aliphatic rings. The summed E-state index contributed by atoms with van der Waals surface area (Å²) in [5, 5.41) is 0. The molecule has 1 unspecified atom stereocenters. The molecule has 1 atom stereocenters. The van der Waals surface area contributed by atoms with E-state index in [1.165, 1.54) is 6.92 Å². The van der Waals surface area contributed by atoms with Crippen LogP contribution in [0.4, 0.5) is 13.2 Å². The molecule has 3 heteroatoms. The zero-order chi connectivity index (χ0) is 10.0. The first-order chi connectivity index (χ1) is 6.06. The van der Waals surface area contributed by atoms with Crippen LogP contribution in [0, 0.1) is 29.8 Å². The van der Waals surface area contributed by atoms with Gasteiger partial charge in [0.05, 0.1) is 0 Å². The number of rotatable bonds is 1. The quantitative estimate of drug-likeness (QED) is 0.465. The third-order valence-electron chi connectivity index (χ3n) is 1.76. The topological polar surface area (TPSA) is 0 Å². The highest BCUT2D eigenvalue weighted by Crippen LogP contribution is 2.20. The van der Waals surface area contributed by atoms with Crippen LogP contribution in [0.2, 0.25) is 0 Å². The van der Waals surface area contributed by atoms with Crippen molar-refractivity contribution in [1.29, 1.82) is 0 Å². The van der Waals surface area contributed by atoms with Gasteiger partial charge in [0.1, 0.15) is 5.82 Å². The minimum atomic E-state index is -1.20. The average Bonchev–Trinajstić information content (AvgIpc) is 2.10. The summed E-state index contributed by atoms with van der Waals surface area (Å²) in [7, 11) is 0. The van der Waals surface area contributed by atoms with Gasteiger partial charge in [-0.3, -0.25) is 0 Å². The lowest BCUT2D eigenvalue weighted by Gasteiger charge is -2.06. The Morgan fingerprint density at radius 2 is 1.69 bits per heavy atom. The molecule has 1 rings (SSSR count). The van der Waals surface area contributed by atoms with E-state index >= 15 is 0 Å². The van der Waals surface area contributed by atoms with Gasteiger partial charge in [0.25, 0.3) is 0 Å². The zero-order valence-electron chi connectivity index (χ0n) is 6.94. The van der Waals surface area contributed by atoms with Crippen molar-refractivity contribution in [3.05, 3.63) is 35.1 Å². The summed E-state index contributed by atoms with van der Waals surface area (Å²) >= 11 is 0. The van der Waals surface area contributed by atoms with Crippen LogP contribution in [-0.4, -0.2) is 0 Å². The van der Waals surface area contributed by atoms with Gasteiger partial charge in [0, 0.05) is 17.5 Å². The fraction of sp³-hybridized carbons (Fsp3) is 0.200. The van der Waals surface area contributed by atoms with E-state index in [0.29, 0.717) is 6.07 Å². The lowest BCUT2D eigenvalue weighted by molar-refractivity contribution is 0.489. The third kappa shape index (κ3) is 1.83. The van der Waals surface area contributed by atoms with E-state index in [2.05, 4.69) is 5.92 Å². The Bertz CT molecular complexity index is 363. The number of benzene rings is 1. The number of hydrogen-bond donors (Lipinski definition) is 0. The van der Waals surface area contributed by atoms with Gasteiger partial charge < -0.3 is 0 Å². The molecule has 0 nitrogen and oxygen atoms in total. The van der Waals surface area contributed by atoms with E-state index in [4.69, 9.17) is 6.42 Å². The van der Waals surface area contributed by atoms with E-state index in [1.807, 2.05) is 0 Å². The van der Waals surface area contributed by atoms with Gasteiger partial charge in [-0.25, -0.2) is 13.2 Å². The predicted molar refractivity (Wildman–Crippen MR) is 43.6 cm³/mol. The molecule has 0 radical (unpaired) electrons. The van der Waals surface area contributed by atoms with Crippen LogP contribution in [0.1, 0.15) is 18.4 Å². The summed E-state index contributed by atoms with van der Waals surface area (Å²) in [6.07, 6.45) is 5.03. The summed E-state index contributed by atoms with van der Waals surface area (Å²) in [4.78, 5) is 0. The second-order valence-corrected chi connectivity index (χ2v) is 2.68. The van der Waals surface area contributed by atoms with E-state index in [9.17, 15) is 13.2 Å². The van der Waals surface area contributed by atoms with Crippen LogP contribution < -0.4 is 0 Å². The molecule has 68 valence electrons. The highest BCUT2D eigenvalue weighted by molar-refractivity contribution is 5.28. The van der Waals surface area contributed by atoms with Gasteiger partial charge in [-0.15, -0.1) is 6.42 Å². The molecule has 13 heavy (non-hydrogen) atoms. The summed E-state index contributed by atoms with van der Waals surface area (Å²) in [5.41, 5.74) is 0.00130. The van der Waals surface area contributed by atoms with Gasteiger partial charge in [0.2, 0.25) is 0 Å². The van der Waals surface area contributed by atoms with Gasteiger partial charge in [-0.2, -0.15) is 0 Å². The standard InChI is InChI=1S/C10H7F3/c1-3-6(2)7-4-9(12)10(13)5-8(7)11/h1,4-6H,2H3. The minimum absolute atomic E-state index is 0.00130. The number of hydrogen-bond acceptors (Lipinski definition) is 0. The van der Waals surface area contributed by atoms with E-state index in [0.717, 1.165) is 6.07 Å². The van der Waals surface area contributed by atoms with Crippen LogP contribution in [0.3, 0.4) is 0 Å². The van der Waals surface area contributed by atoms with Gasteiger partial charge in [-0.05, 0) is 13.0 Å². The lowest BCUT2D eigenvalue weighted by atomic mass is 10.0. The van der Waals surface area contributed by atoms with Gasteiger partial charge >= 0.3 is 0 Å². The molecule has 1 aromatic rings.